The number of nitrogens with one attached hydrogen (secondary N) is 2. The van der Waals surface area contributed by atoms with Gasteiger partial charge in [-0.2, -0.15) is 0 Å². The van der Waals surface area contributed by atoms with E-state index in [2.05, 4.69) is 47.7 Å². The highest BCUT2D eigenvalue weighted by Gasteiger charge is 2.64. The van der Waals surface area contributed by atoms with Crippen LogP contribution in [0.15, 0.2) is 30.5 Å². The van der Waals surface area contributed by atoms with Crippen molar-refractivity contribution in [2.45, 2.75) is 57.2 Å². The van der Waals surface area contributed by atoms with Crippen LogP contribution in [0, 0.1) is 23.2 Å². The zero-order valence-corrected chi connectivity index (χ0v) is 17.8. The maximum atomic E-state index is 12.7. The Balaban J connectivity index is 1.10. The van der Waals surface area contributed by atoms with Gasteiger partial charge in [-0.1, -0.05) is 25.1 Å². The molecule has 4 aliphatic rings. The predicted molar refractivity (Wildman–Crippen MR) is 115 cm³/mol. The summed E-state index contributed by atoms with van der Waals surface area (Å²) in [7, 11) is 0. The molecule has 160 valence electrons. The molecule has 0 unspecified atom stereocenters. The number of aromatic nitrogens is 1. The third-order valence-electron chi connectivity index (χ3n) is 8.69. The van der Waals surface area contributed by atoms with Crippen LogP contribution in [0.1, 0.15) is 44.6 Å². The van der Waals surface area contributed by atoms with Crippen LogP contribution in [0.2, 0.25) is 0 Å². The Hall–Kier alpha value is -1.85. The molecular formula is C25H32N2O3. The second-order valence-electron chi connectivity index (χ2n) is 10.4. The van der Waals surface area contributed by atoms with Crippen LogP contribution in [0.25, 0.3) is 10.9 Å². The van der Waals surface area contributed by atoms with Crippen LogP contribution in [0.4, 0.5) is 0 Å². The molecule has 2 aliphatic carbocycles. The zero-order chi connectivity index (χ0) is 20.3. The van der Waals surface area contributed by atoms with Gasteiger partial charge in [-0.05, 0) is 68.0 Å². The van der Waals surface area contributed by atoms with E-state index < -0.39 is 0 Å². The molecule has 2 saturated carbocycles. The molecule has 5 nitrogen and oxygen atoms in total. The number of benzene rings is 1. The molecule has 2 N–H and O–H groups in total. The smallest absolute Gasteiger partial charge is 0.310 e. The van der Waals surface area contributed by atoms with Gasteiger partial charge >= 0.3 is 5.97 Å². The van der Waals surface area contributed by atoms with Crippen LogP contribution in [-0.4, -0.2) is 42.4 Å². The molecule has 0 radical (unpaired) electrons. The van der Waals surface area contributed by atoms with E-state index in [0.29, 0.717) is 11.8 Å². The topological polar surface area (TPSA) is 66.7 Å². The lowest BCUT2D eigenvalue weighted by Gasteiger charge is -2.51. The summed E-state index contributed by atoms with van der Waals surface area (Å²) in [5.41, 5.74) is 2.90. The lowest BCUT2D eigenvalue weighted by Crippen LogP contribution is -2.51. The van der Waals surface area contributed by atoms with Crippen molar-refractivity contribution in [3.63, 3.8) is 0 Å². The van der Waals surface area contributed by atoms with Crippen molar-refractivity contribution < 1.29 is 14.3 Å². The van der Waals surface area contributed by atoms with Gasteiger partial charge in [0.1, 0.15) is 6.10 Å². The maximum absolute atomic E-state index is 12.7. The number of H-pyrrole nitrogens is 1. The van der Waals surface area contributed by atoms with Gasteiger partial charge < -0.3 is 19.8 Å². The fraction of sp³-hybridized carbons (Fsp3) is 0.640. The van der Waals surface area contributed by atoms with Crippen molar-refractivity contribution in [2.75, 3.05) is 19.7 Å². The minimum atomic E-state index is -0.0137. The van der Waals surface area contributed by atoms with Gasteiger partial charge in [-0.3, -0.25) is 4.79 Å². The Morgan fingerprint density at radius 2 is 2.13 bits per heavy atom. The molecule has 6 atom stereocenters. The highest BCUT2D eigenvalue weighted by atomic mass is 16.6. The van der Waals surface area contributed by atoms with Crippen LogP contribution in [0.5, 0.6) is 0 Å². The molecule has 2 aromatic rings. The molecule has 2 saturated heterocycles. The van der Waals surface area contributed by atoms with Crippen molar-refractivity contribution in [3.05, 3.63) is 36.0 Å². The molecular weight excluding hydrogens is 376 g/mol. The molecule has 0 amide bonds. The number of carbonyl (C=O) groups excluding carboxylic acids is 1. The largest absolute Gasteiger partial charge is 0.462 e. The number of esters is 1. The SMILES string of the molecule is C[C@]12CCC[C@@]3(CO3)[C@@H]1C[C@H]1[C@@H](C2)OC(=O)[C@@H]1CNCCc1c[nH]c2ccccc12. The first-order chi connectivity index (χ1) is 14.6. The number of carbonyl (C=O) groups is 1. The summed E-state index contributed by atoms with van der Waals surface area (Å²) in [5.74, 6) is 0.927. The molecule has 3 heterocycles. The van der Waals surface area contributed by atoms with Gasteiger partial charge in [-0.25, -0.2) is 0 Å². The minimum absolute atomic E-state index is 0.0117. The van der Waals surface area contributed by atoms with Crippen LogP contribution >= 0.6 is 0 Å². The molecule has 1 spiro atoms. The monoisotopic (exact) mass is 408 g/mol. The number of ether oxygens (including phenoxy) is 2. The molecule has 6 rings (SSSR count). The van der Waals surface area contributed by atoms with Crippen molar-refractivity contribution in [1.29, 1.82) is 0 Å². The second-order valence-corrected chi connectivity index (χ2v) is 10.4. The molecule has 1 aromatic heterocycles. The first-order valence-corrected chi connectivity index (χ1v) is 11.7. The predicted octanol–water partition coefficient (Wildman–Crippen LogP) is 3.83. The van der Waals surface area contributed by atoms with Gasteiger partial charge in [0.15, 0.2) is 0 Å². The van der Waals surface area contributed by atoms with Gasteiger partial charge in [-0.15, -0.1) is 0 Å². The van der Waals surface area contributed by atoms with E-state index in [0.717, 1.165) is 39.0 Å². The van der Waals surface area contributed by atoms with E-state index in [9.17, 15) is 4.79 Å². The third-order valence-corrected chi connectivity index (χ3v) is 8.69. The molecule has 5 heteroatoms. The van der Waals surface area contributed by atoms with Crippen molar-refractivity contribution >= 4 is 16.9 Å². The Labute approximate surface area is 177 Å². The number of para-hydroxylation sites is 1. The average Bonchev–Trinajstić information content (AvgIpc) is 3.27. The van der Waals surface area contributed by atoms with Gasteiger partial charge in [0.2, 0.25) is 0 Å². The molecule has 0 bridgehead atoms. The van der Waals surface area contributed by atoms with Crippen LogP contribution in [-0.2, 0) is 20.7 Å². The summed E-state index contributed by atoms with van der Waals surface area (Å²) in [5, 5.41) is 4.86. The van der Waals surface area contributed by atoms with E-state index in [4.69, 9.17) is 9.47 Å². The maximum Gasteiger partial charge on any atom is 0.310 e. The van der Waals surface area contributed by atoms with Gasteiger partial charge in [0, 0.05) is 29.6 Å². The summed E-state index contributed by atoms with van der Waals surface area (Å²) in [6, 6.07) is 8.42. The number of hydrogen-bond donors (Lipinski definition) is 2. The van der Waals surface area contributed by atoms with Gasteiger partial charge in [0.25, 0.3) is 0 Å². The van der Waals surface area contributed by atoms with Crippen LogP contribution < -0.4 is 5.32 Å². The fourth-order valence-electron chi connectivity index (χ4n) is 7.01. The van der Waals surface area contributed by atoms with E-state index in [1.165, 1.54) is 35.7 Å². The van der Waals surface area contributed by atoms with E-state index in [1.54, 1.807) is 0 Å². The Morgan fingerprint density at radius 1 is 1.27 bits per heavy atom. The highest BCUT2D eigenvalue weighted by Crippen LogP contribution is 2.62. The number of epoxide rings is 1. The summed E-state index contributed by atoms with van der Waals surface area (Å²) in [6.45, 7) is 4.93. The van der Waals surface area contributed by atoms with Crippen molar-refractivity contribution in [1.82, 2.24) is 10.3 Å². The number of rotatable bonds is 5. The van der Waals surface area contributed by atoms with E-state index in [1.807, 2.05) is 0 Å². The van der Waals surface area contributed by atoms with Crippen molar-refractivity contribution in [3.8, 4) is 0 Å². The quantitative estimate of drug-likeness (QED) is 0.448. The lowest BCUT2D eigenvalue weighted by atomic mass is 9.53. The standard InChI is InChI=1S/C25H32N2O3/c1-24-8-4-9-25(15-29-25)22(24)11-18-19(23(28)30-21(18)12-24)14-26-10-7-16-13-27-20-6-3-2-5-17(16)20/h2-3,5-6,13,18-19,21-22,26-27H,4,7-12,14-15H2,1H3/t18-,19-,21-,22-,24-,25-/m1/s1. The molecule has 30 heavy (non-hydrogen) atoms. The Bertz CT molecular complexity index is 964. The fourth-order valence-corrected chi connectivity index (χ4v) is 7.01. The molecule has 1 aromatic carbocycles. The number of fused-ring (bicyclic) bond motifs is 4. The number of hydrogen-bond acceptors (Lipinski definition) is 4. The second kappa shape index (κ2) is 6.83. The first-order valence-electron chi connectivity index (χ1n) is 11.7. The third kappa shape index (κ3) is 2.93. The van der Waals surface area contributed by atoms with Gasteiger partial charge in [0.05, 0.1) is 18.1 Å². The van der Waals surface area contributed by atoms with E-state index in [-0.39, 0.29) is 29.0 Å². The first kappa shape index (κ1) is 18.9. The summed E-state index contributed by atoms with van der Waals surface area (Å²) in [4.78, 5) is 16.1. The Kier molecular flexibility index (Phi) is 4.30. The van der Waals surface area contributed by atoms with E-state index >= 15 is 0 Å². The van der Waals surface area contributed by atoms with Crippen LogP contribution in [0.3, 0.4) is 0 Å². The summed E-state index contributed by atoms with van der Waals surface area (Å²) in [6.07, 6.45) is 8.96. The van der Waals surface area contributed by atoms with Crippen molar-refractivity contribution in [2.24, 2.45) is 23.2 Å². The normalized spacial score (nSPS) is 39.7. The molecule has 2 aliphatic heterocycles. The zero-order valence-electron chi connectivity index (χ0n) is 17.8. The summed E-state index contributed by atoms with van der Waals surface area (Å²) < 4.78 is 11.9. The lowest BCUT2D eigenvalue weighted by molar-refractivity contribution is -0.147. The molecule has 4 fully saturated rings. The minimum Gasteiger partial charge on any atom is -0.462 e. The average molecular weight is 409 g/mol. The Morgan fingerprint density at radius 3 is 3.00 bits per heavy atom. The summed E-state index contributed by atoms with van der Waals surface area (Å²) >= 11 is 0. The number of aromatic amines is 1. The highest BCUT2D eigenvalue weighted by molar-refractivity contribution is 5.83.